The third-order valence-electron chi connectivity index (χ3n) is 9.21. The Morgan fingerprint density at radius 2 is 1.63 bits per heavy atom. The molecule has 0 saturated carbocycles. The first-order chi connectivity index (χ1) is 29.4. The Morgan fingerprint density at radius 1 is 0.850 bits per heavy atom. The zero-order valence-corrected chi connectivity index (χ0v) is 35.2. The molecule has 1 amide bonds. The summed E-state index contributed by atoms with van der Waals surface area (Å²) in [6, 6.07) is 16.0. The predicted molar refractivity (Wildman–Crippen MR) is 226 cm³/mol. The van der Waals surface area contributed by atoms with Crippen molar-refractivity contribution in [2.24, 2.45) is 0 Å². The van der Waals surface area contributed by atoms with E-state index < -0.39 is 0 Å². The number of hydrogen-bond acceptors (Lipinski definition) is 15. The Morgan fingerprint density at radius 3 is 2.42 bits per heavy atom. The van der Waals surface area contributed by atoms with Crippen molar-refractivity contribution in [2.75, 3.05) is 98.1 Å². The number of ether oxygens (including phenoxy) is 7. The van der Waals surface area contributed by atoms with Crippen molar-refractivity contribution in [3.05, 3.63) is 100 Å². The van der Waals surface area contributed by atoms with Crippen molar-refractivity contribution in [3.8, 4) is 34.8 Å². The third kappa shape index (κ3) is 14.2. The molecule has 1 aliphatic heterocycles. The largest absolute Gasteiger partial charge is 0.495 e. The molecule has 17 heteroatoms. The molecule has 6 rings (SSSR count). The van der Waals surface area contributed by atoms with E-state index in [1.54, 1.807) is 42.5 Å². The van der Waals surface area contributed by atoms with Gasteiger partial charge in [0.05, 0.1) is 83.5 Å². The maximum absolute atomic E-state index is 12.2. The number of carbonyl (C=O) groups excluding carboxylic acids is 1. The molecule has 1 saturated heterocycles. The van der Waals surface area contributed by atoms with Crippen molar-refractivity contribution in [1.29, 1.82) is 0 Å². The van der Waals surface area contributed by atoms with Crippen LogP contribution in [0, 0.1) is 18.8 Å². The van der Waals surface area contributed by atoms with Gasteiger partial charge < -0.3 is 43.4 Å². The fraction of sp³-hybridized carbons (Fsp3) is 0.419. The van der Waals surface area contributed by atoms with Crippen LogP contribution in [0.25, 0.3) is 0 Å². The molecule has 4 heterocycles. The van der Waals surface area contributed by atoms with Crippen LogP contribution in [0.3, 0.4) is 0 Å². The van der Waals surface area contributed by atoms with Gasteiger partial charge in [0.1, 0.15) is 29.5 Å². The fourth-order valence-corrected chi connectivity index (χ4v) is 6.72. The summed E-state index contributed by atoms with van der Waals surface area (Å²) in [5.41, 5.74) is 4.39. The fourth-order valence-electron chi connectivity index (χ4n) is 6.18. The number of rotatable bonds is 23. The van der Waals surface area contributed by atoms with Gasteiger partial charge in [0.25, 0.3) is 5.91 Å². The van der Waals surface area contributed by atoms with E-state index in [2.05, 4.69) is 65.4 Å². The van der Waals surface area contributed by atoms with E-state index in [0.717, 1.165) is 54.7 Å². The smallest absolute Gasteiger partial charge is 0.258 e. The van der Waals surface area contributed by atoms with Gasteiger partial charge >= 0.3 is 0 Å². The molecule has 1 fully saturated rings. The number of carbonyl (C=O) groups is 1. The molecule has 16 nitrogen and oxygen atoms in total. The number of piperazine rings is 1. The topological polar surface area (TPSA) is 157 Å². The highest BCUT2D eigenvalue weighted by Crippen LogP contribution is 2.31. The first-order valence-electron chi connectivity index (χ1n) is 19.8. The summed E-state index contributed by atoms with van der Waals surface area (Å²) in [7, 11) is 3.37. The average molecular weight is 841 g/mol. The minimum atomic E-state index is -0.262. The maximum Gasteiger partial charge on any atom is 0.258 e. The van der Waals surface area contributed by atoms with E-state index in [1.807, 2.05) is 42.8 Å². The van der Waals surface area contributed by atoms with Crippen molar-refractivity contribution < 1.29 is 38.0 Å². The van der Waals surface area contributed by atoms with Crippen LogP contribution in [-0.4, -0.2) is 129 Å². The molecule has 1 N–H and O–H groups in total. The number of amides is 1. The monoisotopic (exact) mass is 840 g/mol. The van der Waals surface area contributed by atoms with Crippen LogP contribution in [0.2, 0.25) is 0 Å². The summed E-state index contributed by atoms with van der Waals surface area (Å²) in [6.07, 6.45) is 5.02. The summed E-state index contributed by atoms with van der Waals surface area (Å²) in [6.45, 7) is 10.0. The van der Waals surface area contributed by atoms with Gasteiger partial charge in [0.15, 0.2) is 18.1 Å². The highest BCUT2D eigenvalue weighted by molar-refractivity contribution is 7.09. The van der Waals surface area contributed by atoms with E-state index in [0.29, 0.717) is 86.9 Å². The molecule has 0 spiro atoms. The molecule has 1 aliphatic rings. The summed E-state index contributed by atoms with van der Waals surface area (Å²) in [5, 5.41) is 14.0. The molecular weight excluding hydrogens is 789 g/mol. The lowest BCUT2D eigenvalue weighted by Crippen LogP contribution is -2.46. The molecular formula is C43H52N8O8S. The van der Waals surface area contributed by atoms with Crippen LogP contribution in [0.4, 0.5) is 5.69 Å². The van der Waals surface area contributed by atoms with Crippen LogP contribution in [-0.2, 0) is 38.7 Å². The number of thiazole rings is 1. The minimum Gasteiger partial charge on any atom is -0.495 e. The molecule has 0 radical (unpaired) electrons. The third-order valence-corrected chi connectivity index (χ3v) is 9.98. The van der Waals surface area contributed by atoms with Gasteiger partial charge in [-0.15, -0.1) is 16.4 Å². The Balaban J connectivity index is 0.764. The number of pyridine rings is 1. The summed E-state index contributed by atoms with van der Waals surface area (Å²) in [5.74, 6) is 8.45. The van der Waals surface area contributed by atoms with Crippen LogP contribution >= 0.6 is 11.3 Å². The molecule has 2 aromatic carbocycles. The highest BCUT2D eigenvalue weighted by atomic mass is 32.1. The first-order valence-corrected chi connectivity index (χ1v) is 20.6. The zero-order valence-electron chi connectivity index (χ0n) is 34.3. The van der Waals surface area contributed by atoms with Crippen molar-refractivity contribution >= 4 is 22.9 Å². The van der Waals surface area contributed by atoms with Crippen molar-refractivity contribution in [1.82, 2.24) is 35.2 Å². The number of para-hydroxylation sites is 2. The highest BCUT2D eigenvalue weighted by Gasteiger charge is 2.20. The SMILES string of the molecule is COc1cc(CN2CCN(c3ccccc3OC)CC2)ccc1OCc1cn(CCOCCOCCOCCNC(=O)COc2cncc(C#Cc3csc(C)n3)c2)nn1. The van der Waals surface area contributed by atoms with Gasteiger partial charge in [-0.2, -0.15) is 0 Å². The van der Waals surface area contributed by atoms with Crippen LogP contribution < -0.4 is 29.2 Å². The van der Waals surface area contributed by atoms with Gasteiger partial charge in [-0.1, -0.05) is 29.3 Å². The van der Waals surface area contributed by atoms with E-state index in [-0.39, 0.29) is 19.1 Å². The lowest BCUT2D eigenvalue weighted by atomic mass is 10.1. The summed E-state index contributed by atoms with van der Waals surface area (Å²) >= 11 is 1.54. The lowest BCUT2D eigenvalue weighted by Gasteiger charge is -2.36. The molecule has 0 bridgehead atoms. The summed E-state index contributed by atoms with van der Waals surface area (Å²) < 4.78 is 41.4. The van der Waals surface area contributed by atoms with Crippen LogP contribution in [0.5, 0.6) is 23.0 Å². The molecule has 0 aliphatic carbocycles. The Kier molecular flexibility index (Phi) is 17.3. The predicted octanol–water partition coefficient (Wildman–Crippen LogP) is 4.00. The number of nitrogens with zero attached hydrogens (tertiary/aromatic N) is 7. The van der Waals surface area contributed by atoms with Gasteiger partial charge in [0.2, 0.25) is 0 Å². The number of anilines is 1. The second kappa shape index (κ2) is 23.7. The van der Waals surface area contributed by atoms with Crippen molar-refractivity contribution in [2.45, 2.75) is 26.6 Å². The van der Waals surface area contributed by atoms with E-state index in [9.17, 15) is 4.79 Å². The van der Waals surface area contributed by atoms with E-state index >= 15 is 0 Å². The first kappa shape index (κ1) is 43.8. The van der Waals surface area contributed by atoms with Crippen LogP contribution in [0.15, 0.2) is 72.5 Å². The van der Waals surface area contributed by atoms with Gasteiger partial charge in [0, 0.05) is 56.4 Å². The number of nitrogens with one attached hydrogen (secondary N) is 1. The second-order valence-electron chi connectivity index (χ2n) is 13.6. The molecule has 318 valence electrons. The van der Waals surface area contributed by atoms with Crippen molar-refractivity contribution in [3.63, 3.8) is 0 Å². The Bertz CT molecular complexity index is 2150. The number of aryl methyl sites for hydroxylation is 1. The van der Waals surface area contributed by atoms with E-state index in [1.165, 1.54) is 6.20 Å². The standard InChI is InChI=1S/C43H52N8O8S/c1-33-46-36(32-60-33)10-8-34-24-38(27-44-26-34)58-31-43(52)45-12-18-55-20-22-57-23-21-56-19-17-51-29-37(47-48-51)30-59-41-11-9-35(25-42(41)54-3)28-49-13-15-50(16-14-49)39-6-4-5-7-40(39)53-2/h4-7,9,11,24-27,29,32H,12-23,28,30-31H2,1-3H3,(H,45,52). The molecule has 0 unspecified atom stereocenters. The Hall–Kier alpha value is -5.77. The molecule has 0 atom stereocenters. The number of methoxy groups -OCH3 is 2. The number of benzene rings is 2. The molecule has 5 aromatic rings. The van der Waals surface area contributed by atoms with Gasteiger partial charge in [-0.3, -0.25) is 14.7 Å². The molecule has 60 heavy (non-hydrogen) atoms. The average Bonchev–Trinajstić information content (AvgIpc) is 3.93. The molecule has 3 aromatic heterocycles. The van der Waals surface area contributed by atoms with E-state index in [4.69, 9.17) is 33.2 Å². The normalized spacial score (nSPS) is 12.8. The summed E-state index contributed by atoms with van der Waals surface area (Å²) in [4.78, 5) is 25.4. The zero-order chi connectivity index (χ0) is 41.8. The quantitative estimate of drug-likeness (QED) is 0.0744. The minimum absolute atomic E-state index is 0.141. The van der Waals surface area contributed by atoms with Crippen LogP contribution in [0.1, 0.15) is 27.5 Å². The lowest BCUT2D eigenvalue weighted by molar-refractivity contribution is -0.123. The number of aromatic nitrogens is 5. The van der Waals surface area contributed by atoms with Gasteiger partial charge in [-0.25, -0.2) is 9.67 Å². The Labute approximate surface area is 354 Å². The number of hydrogen-bond donors (Lipinski definition) is 1. The second-order valence-corrected chi connectivity index (χ2v) is 14.6. The maximum atomic E-state index is 12.2. The van der Waals surface area contributed by atoms with Gasteiger partial charge in [-0.05, 0) is 48.7 Å².